The largest absolute Gasteiger partial charge is 0.378 e. The van der Waals surface area contributed by atoms with Crippen LogP contribution in [-0.4, -0.2) is 62.0 Å². The van der Waals surface area contributed by atoms with Gasteiger partial charge >= 0.3 is 0 Å². The summed E-state index contributed by atoms with van der Waals surface area (Å²) in [5.74, 6) is 1.76. The fourth-order valence-corrected chi connectivity index (χ4v) is 4.83. The number of hydrogen-bond acceptors (Lipinski definition) is 4. The Labute approximate surface area is 115 Å². The van der Waals surface area contributed by atoms with Crippen LogP contribution in [0.15, 0.2) is 0 Å². The molecule has 4 fully saturated rings. The van der Waals surface area contributed by atoms with Gasteiger partial charge in [-0.05, 0) is 44.7 Å². The predicted octanol–water partition coefficient (Wildman–Crippen LogP) is 0.864. The summed E-state index contributed by atoms with van der Waals surface area (Å²) in [4.78, 5) is 2.79. The summed E-state index contributed by atoms with van der Waals surface area (Å²) in [5, 5.41) is 3.56. The van der Waals surface area contributed by atoms with Gasteiger partial charge in [0.15, 0.2) is 0 Å². The smallest absolute Gasteiger partial charge is 0.0951 e. The summed E-state index contributed by atoms with van der Waals surface area (Å²) in [5.41, 5.74) is 0.0542. The van der Waals surface area contributed by atoms with Gasteiger partial charge in [0.05, 0.1) is 12.2 Å². The van der Waals surface area contributed by atoms with E-state index in [2.05, 4.69) is 17.1 Å². The molecule has 1 spiro atoms. The minimum atomic E-state index is 0.0542. The van der Waals surface area contributed by atoms with Gasteiger partial charge in [-0.3, -0.25) is 4.90 Å². The van der Waals surface area contributed by atoms with E-state index in [0.29, 0.717) is 0 Å². The second kappa shape index (κ2) is 4.69. The lowest BCUT2D eigenvalue weighted by atomic mass is 9.88. The fraction of sp³-hybridized carbons (Fsp3) is 1.00. The zero-order valence-corrected chi connectivity index (χ0v) is 11.9. The van der Waals surface area contributed by atoms with Crippen LogP contribution in [0.5, 0.6) is 0 Å². The molecule has 5 atom stereocenters. The van der Waals surface area contributed by atoms with Crippen LogP contribution in [0.25, 0.3) is 0 Å². The normalized spacial score (nSPS) is 51.0. The highest BCUT2D eigenvalue weighted by Crippen LogP contribution is 2.40. The maximum absolute atomic E-state index is 6.08. The van der Waals surface area contributed by atoms with Crippen molar-refractivity contribution in [2.75, 3.05) is 39.5 Å². The first-order chi connectivity index (χ1) is 9.27. The zero-order chi connectivity index (χ0) is 12.9. The molecule has 4 nitrogen and oxygen atoms in total. The predicted molar refractivity (Wildman–Crippen MR) is 73.2 cm³/mol. The minimum absolute atomic E-state index is 0.0542. The molecule has 0 radical (unpaired) electrons. The van der Waals surface area contributed by atoms with Crippen LogP contribution in [0.3, 0.4) is 0 Å². The molecule has 0 aromatic rings. The quantitative estimate of drug-likeness (QED) is 0.763. The second-order valence-corrected chi connectivity index (χ2v) is 7.00. The van der Waals surface area contributed by atoms with E-state index in [9.17, 15) is 0 Å². The molecule has 4 saturated heterocycles. The molecular weight excluding hydrogens is 240 g/mol. The van der Waals surface area contributed by atoms with Gasteiger partial charge in [-0.1, -0.05) is 0 Å². The van der Waals surface area contributed by atoms with Gasteiger partial charge in [-0.25, -0.2) is 0 Å². The van der Waals surface area contributed by atoms with Gasteiger partial charge in [0.25, 0.3) is 0 Å². The van der Waals surface area contributed by atoms with E-state index in [1.54, 1.807) is 0 Å². The van der Waals surface area contributed by atoms with Crippen molar-refractivity contribution in [3.8, 4) is 0 Å². The number of nitrogens with one attached hydrogen (secondary N) is 1. The lowest BCUT2D eigenvalue weighted by Gasteiger charge is -2.43. The van der Waals surface area contributed by atoms with Crippen LogP contribution in [0, 0.1) is 11.8 Å². The molecule has 19 heavy (non-hydrogen) atoms. The number of ether oxygens (including phenoxy) is 2. The number of nitrogens with zero attached hydrogens (tertiary/aromatic N) is 1. The molecule has 0 bridgehead atoms. The van der Waals surface area contributed by atoms with Crippen LogP contribution >= 0.6 is 0 Å². The SMILES string of the molecule is CC1C2CNCC2CN1C1CCOC2(CCOC2)C1. The second-order valence-electron chi connectivity index (χ2n) is 7.00. The summed E-state index contributed by atoms with van der Waals surface area (Å²) in [6, 6.07) is 1.46. The van der Waals surface area contributed by atoms with Gasteiger partial charge in [0.2, 0.25) is 0 Å². The Morgan fingerprint density at radius 2 is 2.21 bits per heavy atom. The average Bonchev–Trinajstić information content (AvgIpc) is 3.09. The lowest BCUT2D eigenvalue weighted by Crippen LogP contribution is -2.51. The summed E-state index contributed by atoms with van der Waals surface area (Å²) in [7, 11) is 0. The molecule has 0 aliphatic carbocycles. The van der Waals surface area contributed by atoms with Crippen LogP contribution in [0.4, 0.5) is 0 Å². The first kappa shape index (κ1) is 12.6. The molecule has 108 valence electrons. The van der Waals surface area contributed by atoms with E-state index in [4.69, 9.17) is 9.47 Å². The highest BCUT2D eigenvalue weighted by atomic mass is 16.6. The molecule has 4 heterocycles. The Kier molecular flexibility index (Phi) is 3.10. The van der Waals surface area contributed by atoms with E-state index in [-0.39, 0.29) is 5.60 Å². The maximum Gasteiger partial charge on any atom is 0.0951 e. The molecule has 1 N–H and O–H groups in total. The number of fused-ring (bicyclic) bond motifs is 1. The van der Waals surface area contributed by atoms with Crippen LogP contribution in [0.1, 0.15) is 26.2 Å². The number of likely N-dealkylation sites (tertiary alicyclic amines) is 1. The minimum Gasteiger partial charge on any atom is -0.378 e. The Bertz CT molecular complexity index is 343. The van der Waals surface area contributed by atoms with Gasteiger partial charge < -0.3 is 14.8 Å². The molecule has 0 saturated carbocycles. The topological polar surface area (TPSA) is 33.7 Å². The first-order valence-corrected chi connectivity index (χ1v) is 7.96. The summed E-state index contributed by atoms with van der Waals surface area (Å²) in [6.07, 6.45) is 3.49. The van der Waals surface area contributed by atoms with Crippen molar-refractivity contribution in [1.82, 2.24) is 10.2 Å². The fourth-order valence-electron chi connectivity index (χ4n) is 4.83. The van der Waals surface area contributed by atoms with Crippen LogP contribution < -0.4 is 5.32 Å². The molecule has 4 heteroatoms. The van der Waals surface area contributed by atoms with Gasteiger partial charge in [0, 0.05) is 38.3 Å². The lowest BCUT2D eigenvalue weighted by molar-refractivity contribution is -0.108. The highest BCUT2D eigenvalue weighted by Gasteiger charge is 2.48. The van der Waals surface area contributed by atoms with Crippen molar-refractivity contribution in [1.29, 1.82) is 0 Å². The monoisotopic (exact) mass is 266 g/mol. The van der Waals surface area contributed by atoms with E-state index < -0.39 is 0 Å². The van der Waals surface area contributed by atoms with Gasteiger partial charge in [-0.15, -0.1) is 0 Å². The molecule has 0 aromatic carbocycles. The van der Waals surface area contributed by atoms with Crippen molar-refractivity contribution in [2.24, 2.45) is 11.8 Å². The molecule has 4 aliphatic rings. The third-order valence-electron chi connectivity index (χ3n) is 5.98. The van der Waals surface area contributed by atoms with Crippen LogP contribution in [-0.2, 0) is 9.47 Å². The molecule has 4 aliphatic heterocycles. The van der Waals surface area contributed by atoms with Crippen molar-refractivity contribution in [3.05, 3.63) is 0 Å². The van der Waals surface area contributed by atoms with E-state index in [0.717, 1.165) is 50.2 Å². The van der Waals surface area contributed by atoms with Gasteiger partial charge in [0.1, 0.15) is 0 Å². The molecular formula is C15H26N2O2. The molecule has 0 aromatic heterocycles. The average molecular weight is 266 g/mol. The molecule has 0 amide bonds. The van der Waals surface area contributed by atoms with Crippen molar-refractivity contribution in [2.45, 2.75) is 43.9 Å². The third-order valence-corrected chi connectivity index (χ3v) is 5.98. The van der Waals surface area contributed by atoms with Crippen LogP contribution in [0.2, 0.25) is 0 Å². The summed E-state index contributed by atoms with van der Waals surface area (Å²) in [6.45, 7) is 8.80. The van der Waals surface area contributed by atoms with Crippen molar-refractivity contribution in [3.63, 3.8) is 0 Å². The molecule has 4 rings (SSSR count). The Morgan fingerprint density at radius 1 is 1.26 bits per heavy atom. The Balaban J connectivity index is 1.47. The Hall–Kier alpha value is -0.160. The standard InChI is InChI=1S/C15H26N2O2/c1-11-14-8-16-7-12(14)9-17(11)13-2-4-19-15(6-13)3-5-18-10-15/h11-14,16H,2-10H2,1H3. The van der Waals surface area contributed by atoms with Crippen molar-refractivity contribution >= 4 is 0 Å². The summed E-state index contributed by atoms with van der Waals surface area (Å²) >= 11 is 0. The van der Waals surface area contributed by atoms with E-state index in [1.165, 1.54) is 32.5 Å². The Morgan fingerprint density at radius 3 is 3.00 bits per heavy atom. The van der Waals surface area contributed by atoms with E-state index >= 15 is 0 Å². The van der Waals surface area contributed by atoms with Gasteiger partial charge in [-0.2, -0.15) is 0 Å². The third kappa shape index (κ3) is 2.04. The number of hydrogen-bond donors (Lipinski definition) is 1. The zero-order valence-electron chi connectivity index (χ0n) is 11.9. The van der Waals surface area contributed by atoms with Crippen molar-refractivity contribution < 1.29 is 9.47 Å². The highest BCUT2D eigenvalue weighted by molar-refractivity contribution is 5.02. The first-order valence-electron chi connectivity index (χ1n) is 7.96. The number of rotatable bonds is 1. The molecule has 5 unspecified atom stereocenters. The summed E-state index contributed by atoms with van der Waals surface area (Å²) < 4.78 is 11.7. The maximum atomic E-state index is 6.08. The van der Waals surface area contributed by atoms with E-state index in [1.807, 2.05) is 0 Å².